The second-order valence-corrected chi connectivity index (χ2v) is 9.39. The number of hydrogen-bond acceptors (Lipinski definition) is 5. The summed E-state index contributed by atoms with van der Waals surface area (Å²) >= 11 is 0. The highest BCUT2D eigenvalue weighted by atomic mass is 16.6. The fourth-order valence-electron chi connectivity index (χ4n) is 3.46. The van der Waals surface area contributed by atoms with Crippen molar-refractivity contribution in [2.45, 2.75) is 71.7 Å². The minimum atomic E-state index is -1.11. The number of nitrogens with zero attached hydrogens (tertiary/aromatic N) is 2. The molecule has 1 heterocycles. The summed E-state index contributed by atoms with van der Waals surface area (Å²) in [6, 6.07) is 4.12. The molecule has 2 N–H and O–H groups in total. The summed E-state index contributed by atoms with van der Waals surface area (Å²) in [5, 5.41) is 12.4. The molecule has 0 aliphatic carbocycles. The molecule has 0 saturated carbocycles. The van der Waals surface area contributed by atoms with Gasteiger partial charge in [0, 0.05) is 19.2 Å². The van der Waals surface area contributed by atoms with Crippen molar-refractivity contribution >= 4 is 29.6 Å². The number of hydrogen-bond donors (Lipinski definition) is 2. The lowest BCUT2D eigenvalue weighted by Crippen LogP contribution is -2.58. The standard InChI is InChI=1S/C23H33N3O6/c1-13(2)18(24-19(27)14(3)25(7)22(31)32-23(4,5)6)20(28)26-16-11-9-8-10-15(16)12-17(26)21(29)30/h8-11,13-14,17-18H,12H2,1-7H3,(H,24,27)(H,29,30). The van der Waals surface area contributed by atoms with Crippen LogP contribution in [0.2, 0.25) is 0 Å². The molecule has 3 unspecified atom stereocenters. The molecular formula is C23H33N3O6. The number of ether oxygens (including phenoxy) is 1. The Morgan fingerprint density at radius 2 is 1.75 bits per heavy atom. The van der Waals surface area contributed by atoms with Crippen LogP contribution in [0.1, 0.15) is 47.1 Å². The molecule has 32 heavy (non-hydrogen) atoms. The van der Waals surface area contributed by atoms with E-state index < -0.39 is 47.6 Å². The van der Waals surface area contributed by atoms with Crippen molar-refractivity contribution in [3.63, 3.8) is 0 Å². The maximum atomic E-state index is 13.5. The van der Waals surface area contributed by atoms with E-state index in [4.69, 9.17) is 4.74 Å². The molecule has 0 fully saturated rings. The zero-order valence-corrected chi connectivity index (χ0v) is 19.7. The fourth-order valence-corrected chi connectivity index (χ4v) is 3.46. The molecule has 0 aromatic heterocycles. The zero-order chi connectivity index (χ0) is 24.4. The number of amides is 3. The molecule has 0 bridgehead atoms. The third-order valence-electron chi connectivity index (χ3n) is 5.37. The third-order valence-corrected chi connectivity index (χ3v) is 5.37. The molecule has 0 spiro atoms. The van der Waals surface area contributed by atoms with E-state index in [2.05, 4.69) is 5.32 Å². The minimum Gasteiger partial charge on any atom is -0.480 e. The van der Waals surface area contributed by atoms with Gasteiger partial charge in [-0.15, -0.1) is 0 Å². The number of para-hydroxylation sites is 1. The molecule has 1 aromatic carbocycles. The molecule has 1 aromatic rings. The number of anilines is 1. The van der Waals surface area contributed by atoms with E-state index in [1.807, 2.05) is 0 Å². The van der Waals surface area contributed by atoms with Crippen LogP contribution in [0.4, 0.5) is 10.5 Å². The number of likely N-dealkylation sites (N-methyl/N-ethyl adjacent to an activating group) is 1. The first-order valence-corrected chi connectivity index (χ1v) is 10.6. The number of carboxylic acid groups (broad SMARTS) is 1. The predicted molar refractivity (Wildman–Crippen MR) is 119 cm³/mol. The molecule has 3 amide bonds. The Morgan fingerprint density at radius 3 is 2.28 bits per heavy atom. The van der Waals surface area contributed by atoms with Crippen LogP contribution in [0.3, 0.4) is 0 Å². The Morgan fingerprint density at radius 1 is 1.16 bits per heavy atom. The van der Waals surface area contributed by atoms with Crippen LogP contribution in [-0.4, -0.2) is 64.7 Å². The highest BCUT2D eigenvalue weighted by molar-refractivity contribution is 6.06. The van der Waals surface area contributed by atoms with Gasteiger partial charge < -0.3 is 15.2 Å². The van der Waals surface area contributed by atoms with Crippen LogP contribution in [-0.2, 0) is 25.5 Å². The minimum absolute atomic E-state index is 0.202. The van der Waals surface area contributed by atoms with Gasteiger partial charge in [0.1, 0.15) is 23.7 Å². The molecule has 1 aliphatic heterocycles. The topological polar surface area (TPSA) is 116 Å². The van der Waals surface area contributed by atoms with Gasteiger partial charge in [-0.05, 0) is 45.2 Å². The third kappa shape index (κ3) is 5.57. The van der Waals surface area contributed by atoms with Crippen LogP contribution < -0.4 is 10.2 Å². The molecule has 9 heteroatoms. The molecular weight excluding hydrogens is 414 g/mol. The summed E-state index contributed by atoms with van der Waals surface area (Å²) < 4.78 is 5.30. The van der Waals surface area contributed by atoms with E-state index in [1.165, 1.54) is 18.9 Å². The first-order valence-electron chi connectivity index (χ1n) is 10.6. The van der Waals surface area contributed by atoms with Gasteiger partial charge >= 0.3 is 12.1 Å². The Hall–Kier alpha value is -3.10. The molecule has 9 nitrogen and oxygen atoms in total. The number of benzene rings is 1. The number of aliphatic carboxylic acids is 1. The highest BCUT2D eigenvalue weighted by Gasteiger charge is 2.42. The fraction of sp³-hybridized carbons (Fsp3) is 0.565. The summed E-state index contributed by atoms with van der Waals surface area (Å²) in [5.74, 6) is -2.46. The van der Waals surface area contributed by atoms with Gasteiger partial charge in [-0.2, -0.15) is 0 Å². The summed E-state index contributed by atoms with van der Waals surface area (Å²) in [4.78, 5) is 52.9. The number of fused-ring (bicyclic) bond motifs is 1. The number of carboxylic acids is 1. The van der Waals surface area contributed by atoms with Crippen molar-refractivity contribution in [3.8, 4) is 0 Å². The molecule has 2 rings (SSSR count). The number of carbonyl (C=O) groups is 4. The van der Waals surface area contributed by atoms with E-state index >= 15 is 0 Å². The van der Waals surface area contributed by atoms with Gasteiger partial charge in [0.05, 0.1) is 0 Å². The number of nitrogens with one attached hydrogen (secondary N) is 1. The average molecular weight is 448 g/mol. The van der Waals surface area contributed by atoms with E-state index in [0.29, 0.717) is 5.69 Å². The van der Waals surface area contributed by atoms with Crippen molar-refractivity contribution < 1.29 is 29.0 Å². The summed E-state index contributed by atoms with van der Waals surface area (Å²) in [7, 11) is 1.45. The van der Waals surface area contributed by atoms with Gasteiger partial charge in [-0.3, -0.25) is 19.4 Å². The maximum Gasteiger partial charge on any atom is 0.410 e. The Bertz CT molecular complexity index is 892. The smallest absolute Gasteiger partial charge is 0.410 e. The van der Waals surface area contributed by atoms with Crippen molar-refractivity contribution in [1.82, 2.24) is 10.2 Å². The number of carbonyl (C=O) groups excluding carboxylic acids is 3. The van der Waals surface area contributed by atoms with Crippen LogP contribution in [0.5, 0.6) is 0 Å². The number of rotatable bonds is 6. The molecule has 0 saturated heterocycles. The Balaban J connectivity index is 2.22. The Kier molecular flexibility index (Phi) is 7.54. The van der Waals surface area contributed by atoms with Gasteiger partial charge in [0.15, 0.2) is 0 Å². The second kappa shape index (κ2) is 9.58. The van der Waals surface area contributed by atoms with Crippen molar-refractivity contribution in [2.75, 3.05) is 11.9 Å². The average Bonchev–Trinajstić information content (AvgIpc) is 3.08. The zero-order valence-electron chi connectivity index (χ0n) is 19.7. The summed E-state index contributed by atoms with van der Waals surface area (Å²) in [6.45, 7) is 10.2. The van der Waals surface area contributed by atoms with Crippen LogP contribution in [0.25, 0.3) is 0 Å². The molecule has 1 aliphatic rings. The van der Waals surface area contributed by atoms with Crippen LogP contribution in [0.15, 0.2) is 24.3 Å². The van der Waals surface area contributed by atoms with Gasteiger partial charge in [-0.1, -0.05) is 32.0 Å². The van der Waals surface area contributed by atoms with E-state index in [-0.39, 0.29) is 12.3 Å². The van der Waals surface area contributed by atoms with Crippen LogP contribution >= 0.6 is 0 Å². The normalized spacial score (nSPS) is 17.4. The SMILES string of the molecule is CC(C)C(NC(=O)C(C)N(C)C(=O)OC(C)(C)C)C(=O)N1c2ccccc2CC1C(=O)O. The van der Waals surface area contributed by atoms with Crippen molar-refractivity contribution in [2.24, 2.45) is 5.92 Å². The maximum absolute atomic E-state index is 13.5. The highest BCUT2D eigenvalue weighted by Crippen LogP contribution is 2.33. The van der Waals surface area contributed by atoms with Crippen molar-refractivity contribution in [1.29, 1.82) is 0 Å². The lowest BCUT2D eigenvalue weighted by molar-refractivity contribution is -0.140. The molecule has 176 valence electrons. The monoisotopic (exact) mass is 447 g/mol. The van der Waals surface area contributed by atoms with E-state index in [0.717, 1.165) is 10.5 Å². The van der Waals surface area contributed by atoms with Gasteiger partial charge in [-0.25, -0.2) is 9.59 Å². The molecule has 0 radical (unpaired) electrons. The largest absolute Gasteiger partial charge is 0.480 e. The van der Waals surface area contributed by atoms with Gasteiger partial charge in [0.25, 0.3) is 5.91 Å². The predicted octanol–water partition coefficient (Wildman–Crippen LogP) is 2.43. The quantitative estimate of drug-likeness (QED) is 0.692. The van der Waals surface area contributed by atoms with Gasteiger partial charge in [0.2, 0.25) is 5.91 Å². The van der Waals surface area contributed by atoms with Crippen molar-refractivity contribution in [3.05, 3.63) is 29.8 Å². The first-order chi connectivity index (χ1) is 14.7. The lowest BCUT2D eigenvalue weighted by atomic mass is 10.0. The molecule has 3 atom stereocenters. The van der Waals surface area contributed by atoms with E-state index in [9.17, 15) is 24.3 Å². The van der Waals surface area contributed by atoms with E-state index in [1.54, 1.807) is 58.9 Å². The van der Waals surface area contributed by atoms with Crippen LogP contribution in [0, 0.1) is 5.92 Å². The summed E-state index contributed by atoms with van der Waals surface area (Å²) in [5.41, 5.74) is 0.580. The summed E-state index contributed by atoms with van der Waals surface area (Å²) in [6.07, 6.45) is -0.458. The lowest BCUT2D eigenvalue weighted by Gasteiger charge is -2.32. The Labute approximate surface area is 188 Å². The first kappa shape index (κ1) is 25.2. The second-order valence-electron chi connectivity index (χ2n) is 9.39.